The summed E-state index contributed by atoms with van der Waals surface area (Å²) in [5, 5.41) is 15.9. The molecule has 23 heavy (non-hydrogen) atoms. The first kappa shape index (κ1) is 14.6. The molecule has 6 N–H and O–H groups in total. The summed E-state index contributed by atoms with van der Waals surface area (Å²) in [4.78, 5) is 0. The van der Waals surface area contributed by atoms with E-state index < -0.39 is 0 Å². The second-order valence-electron chi connectivity index (χ2n) is 5.12. The Hall–Kier alpha value is -3.28. The Bertz CT molecular complexity index is 927. The number of ether oxygens (including phenoxy) is 1. The van der Waals surface area contributed by atoms with Gasteiger partial charge in [0, 0.05) is 22.1 Å². The first-order valence-corrected chi connectivity index (χ1v) is 6.90. The van der Waals surface area contributed by atoms with E-state index in [1.54, 1.807) is 24.3 Å². The van der Waals surface area contributed by atoms with Crippen LogP contribution in [0.1, 0.15) is 11.1 Å². The number of hydrogen-bond acceptors (Lipinski definition) is 4. The Morgan fingerprint density at radius 2 is 1.74 bits per heavy atom. The number of amidine groups is 2. The zero-order valence-corrected chi connectivity index (χ0v) is 12.5. The van der Waals surface area contributed by atoms with Crippen molar-refractivity contribution in [3.05, 3.63) is 53.6 Å². The summed E-state index contributed by atoms with van der Waals surface area (Å²) in [6.07, 6.45) is 0. The molecule has 0 saturated carbocycles. The van der Waals surface area contributed by atoms with Gasteiger partial charge in [-0.3, -0.25) is 10.8 Å². The van der Waals surface area contributed by atoms with Gasteiger partial charge < -0.3 is 20.6 Å². The second kappa shape index (κ2) is 5.49. The van der Waals surface area contributed by atoms with E-state index in [-0.39, 0.29) is 11.7 Å². The number of nitrogens with two attached hydrogens (primary N) is 2. The van der Waals surface area contributed by atoms with Gasteiger partial charge in [-0.25, -0.2) is 0 Å². The van der Waals surface area contributed by atoms with Gasteiger partial charge in [-0.2, -0.15) is 0 Å². The summed E-state index contributed by atoms with van der Waals surface area (Å²) in [6.45, 7) is 0. The highest BCUT2D eigenvalue weighted by Gasteiger charge is 2.14. The minimum Gasteiger partial charge on any atom is -0.493 e. The highest BCUT2D eigenvalue weighted by atomic mass is 16.5. The van der Waals surface area contributed by atoms with Crippen molar-refractivity contribution in [2.75, 3.05) is 7.11 Å². The molecule has 6 heteroatoms. The van der Waals surface area contributed by atoms with Crippen LogP contribution in [0.4, 0.5) is 0 Å². The standard InChI is InChI=1S/C17H16N4O2/c1-22-14-8-12(17(20)21)6-11-7-13(23-15(11)14)9-3-2-4-10(5-9)16(18)19/h2-8H,1H3,(H3,18,19)(H3,20,21). The maximum absolute atomic E-state index is 7.58. The number of methoxy groups -OCH3 is 1. The third-order valence-corrected chi connectivity index (χ3v) is 3.57. The molecule has 0 radical (unpaired) electrons. The molecular formula is C17H16N4O2. The molecular weight excluding hydrogens is 292 g/mol. The van der Waals surface area contributed by atoms with Crippen molar-refractivity contribution in [2.45, 2.75) is 0 Å². The van der Waals surface area contributed by atoms with E-state index in [0.29, 0.717) is 28.2 Å². The second-order valence-corrected chi connectivity index (χ2v) is 5.12. The van der Waals surface area contributed by atoms with Crippen LogP contribution in [-0.4, -0.2) is 18.8 Å². The van der Waals surface area contributed by atoms with E-state index in [1.165, 1.54) is 7.11 Å². The fraction of sp³-hybridized carbons (Fsp3) is 0.0588. The minimum atomic E-state index is -0.0356. The first-order valence-electron chi connectivity index (χ1n) is 6.90. The Balaban J connectivity index is 2.18. The van der Waals surface area contributed by atoms with Crippen molar-refractivity contribution in [1.82, 2.24) is 0 Å². The average molecular weight is 308 g/mol. The SMILES string of the molecule is COc1cc(C(=N)N)cc2cc(-c3cccc(C(=N)N)c3)oc12. The quantitative estimate of drug-likeness (QED) is 0.437. The van der Waals surface area contributed by atoms with E-state index in [4.69, 9.17) is 31.4 Å². The van der Waals surface area contributed by atoms with Crippen LogP contribution in [0.2, 0.25) is 0 Å². The van der Waals surface area contributed by atoms with Gasteiger partial charge >= 0.3 is 0 Å². The summed E-state index contributed by atoms with van der Waals surface area (Å²) in [5.41, 5.74) is 13.7. The monoisotopic (exact) mass is 308 g/mol. The summed E-state index contributed by atoms with van der Waals surface area (Å²) in [5.74, 6) is 1.11. The fourth-order valence-electron chi connectivity index (χ4n) is 2.41. The maximum atomic E-state index is 7.58. The van der Waals surface area contributed by atoms with Crippen molar-refractivity contribution >= 4 is 22.6 Å². The van der Waals surface area contributed by atoms with E-state index >= 15 is 0 Å². The Labute approximate surface area is 132 Å². The van der Waals surface area contributed by atoms with Crippen LogP contribution in [0, 0.1) is 10.8 Å². The van der Waals surface area contributed by atoms with Gasteiger partial charge in [0.15, 0.2) is 11.3 Å². The van der Waals surface area contributed by atoms with Gasteiger partial charge in [0.2, 0.25) is 0 Å². The number of rotatable bonds is 4. The van der Waals surface area contributed by atoms with Crippen molar-refractivity contribution in [3.8, 4) is 17.1 Å². The zero-order chi connectivity index (χ0) is 16.6. The average Bonchev–Trinajstić information content (AvgIpc) is 2.98. The van der Waals surface area contributed by atoms with E-state index in [2.05, 4.69) is 0 Å². The summed E-state index contributed by atoms with van der Waals surface area (Å²) in [6, 6.07) is 12.6. The Morgan fingerprint density at radius 3 is 2.39 bits per heavy atom. The molecule has 0 aliphatic rings. The Kier molecular flexibility index (Phi) is 3.50. The molecule has 6 nitrogen and oxygen atoms in total. The lowest BCUT2D eigenvalue weighted by Crippen LogP contribution is -2.10. The third-order valence-electron chi connectivity index (χ3n) is 3.57. The molecule has 0 bridgehead atoms. The minimum absolute atomic E-state index is 0.000549. The highest BCUT2D eigenvalue weighted by Crippen LogP contribution is 2.34. The van der Waals surface area contributed by atoms with Crippen LogP contribution in [-0.2, 0) is 0 Å². The molecule has 1 aromatic heterocycles. The van der Waals surface area contributed by atoms with Gasteiger partial charge in [0.05, 0.1) is 7.11 Å². The largest absolute Gasteiger partial charge is 0.493 e. The number of benzene rings is 2. The summed E-state index contributed by atoms with van der Waals surface area (Å²) >= 11 is 0. The number of furan rings is 1. The van der Waals surface area contributed by atoms with Crippen molar-refractivity contribution in [2.24, 2.45) is 11.5 Å². The molecule has 116 valence electrons. The summed E-state index contributed by atoms with van der Waals surface area (Å²) < 4.78 is 11.2. The lowest BCUT2D eigenvalue weighted by atomic mass is 10.1. The lowest BCUT2D eigenvalue weighted by Gasteiger charge is -2.04. The molecule has 0 amide bonds. The van der Waals surface area contributed by atoms with Crippen molar-refractivity contribution in [3.63, 3.8) is 0 Å². The number of nitrogens with one attached hydrogen (secondary N) is 2. The fourth-order valence-corrected chi connectivity index (χ4v) is 2.41. The molecule has 0 saturated heterocycles. The van der Waals surface area contributed by atoms with Gasteiger partial charge in [-0.05, 0) is 24.3 Å². The maximum Gasteiger partial charge on any atom is 0.176 e. The molecule has 1 heterocycles. The van der Waals surface area contributed by atoms with E-state index in [0.717, 1.165) is 10.9 Å². The molecule has 0 spiro atoms. The molecule has 0 unspecified atom stereocenters. The third kappa shape index (κ3) is 2.62. The molecule has 0 fully saturated rings. The number of fused-ring (bicyclic) bond motifs is 1. The topological polar surface area (TPSA) is 122 Å². The van der Waals surface area contributed by atoms with E-state index in [1.807, 2.05) is 18.2 Å². The van der Waals surface area contributed by atoms with Gasteiger partial charge in [0.25, 0.3) is 0 Å². The van der Waals surface area contributed by atoms with E-state index in [9.17, 15) is 0 Å². The van der Waals surface area contributed by atoms with Crippen molar-refractivity contribution < 1.29 is 9.15 Å². The normalized spacial score (nSPS) is 10.7. The predicted molar refractivity (Wildman–Crippen MR) is 90.2 cm³/mol. The molecule has 3 aromatic rings. The van der Waals surface area contributed by atoms with Crippen LogP contribution in [0.3, 0.4) is 0 Å². The van der Waals surface area contributed by atoms with Crippen LogP contribution in [0.15, 0.2) is 46.9 Å². The summed E-state index contributed by atoms with van der Waals surface area (Å²) in [7, 11) is 1.54. The van der Waals surface area contributed by atoms with Crippen LogP contribution in [0.25, 0.3) is 22.3 Å². The van der Waals surface area contributed by atoms with Crippen LogP contribution < -0.4 is 16.2 Å². The van der Waals surface area contributed by atoms with Crippen LogP contribution in [0.5, 0.6) is 5.75 Å². The van der Waals surface area contributed by atoms with Gasteiger partial charge in [-0.1, -0.05) is 18.2 Å². The Morgan fingerprint density at radius 1 is 1.00 bits per heavy atom. The number of nitrogen functional groups attached to an aromatic ring is 2. The van der Waals surface area contributed by atoms with Crippen LogP contribution >= 0.6 is 0 Å². The van der Waals surface area contributed by atoms with Crippen molar-refractivity contribution in [1.29, 1.82) is 10.8 Å². The molecule has 2 aromatic carbocycles. The smallest absolute Gasteiger partial charge is 0.176 e. The molecule has 0 aliphatic heterocycles. The van der Waals surface area contributed by atoms with Gasteiger partial charge in [0.1, 0.15) is 17.4 Å². The molecule has 3 rings (SSSR count). The molecule has 0 atom stereocenters. The number of hydrogen-bond donors (Lipinski definition) is 4. The first-order chi connectivity index (χ1) is 11.0. The molecule has 0 aliphatic carbocycles. The highest BCUT2D eigenvalue weighted by molar-refractivity contribution is 6.01. The van der Waals surface area contributed by atoms with Gasteiger partial charge in [-0.15, -0.1) is 0 Å². The predicted octanol–water partition coefficient (Wildman–Crippen LogP) is 2.68. The lowest BCUT2D eigenvalue weighted by molar-refractivity contribution is 0.411. The zero-order valence-electron chi connectivity index (χ0n) is 12.5.